The molecule has 0 unspecified atom stereocenters. The first-order valence-corrected chi connectivity index (χ1v) is 9.48. The van der Waals surface area contributed by atoms with Crippen LogP contribution in [0.1, 0.15) is 56.7 Å². The quantitative estimate of drug-likeness (QED) is 0.723. The number of hydrogen-bond acceptors (Lipinski definition) is 2. The maximum atomic E-state index is 12.5. The fraction of sp³-hybridized carbons (Fsp3) is 0.435. The van der Waals surface area contributed by atoms with Crippen molar-refractivity contribution in [2.75, 3.05) is 0 Å². The number of amides is 1. The van der Waals surface area contributed by atoms with Gasteiger partial charge in [0.15, 0.2) is 6.10 Å². The number of benzene rings is 2. The fourth-order valence-corrected chi connectivity index (χ4v) is 2.92. The number of nitrogens with one attached hydrogen (secondary N) is 1. The van der Waals surface area contributed by atoms with Gasteiger partial charge in [-0.25, -0.2) is 0 Å². The first-order valence-electron chi connectivity index (χ1n) is 9.48. The number of carbonyl (C=O) groups excluding carboxylic acids is 1. The Bertz CT molecular complexity index is 709. The second-order valence-corrected chi connectivity index (χ2v) is 7.39. The van der Waals surface area contributed by atoms with E-state index in [-0.39, 0.29) is 11.9 Å². The van der Waals surface area contributed by atoms with Crippen LogP contribution in [0.3, 0.4) is 0 Å². The minimum Gasteiger partial charge on any atom is -0.481 e. The summed E-state index contributed by atoms with van der Waals surface area (Å²) in [6.07, 6.45) is 1.34. The lowest BCUT2D eigenvalue weighted by atomic mass is 10.0. The average molecular weight is 354 g/mol. The largest absolute Gasteiger partial charge is 0.481 e. The maximum Gasteiger partial charge on any atom is 0.260 e. The van der Waals surface area contributed by atoms with Crippen LogP contribution in [0.4, 0.5) is 0 Å². The SMILES string of the molecule is Cc1ccc(C(C)C)c(O[C@H](C)C(=O)N[C@H](C)CCc2ccccc2)c1. The fourth-order valence-electron chi connectivity index (χ4n) is 2.92. The third kappa shape index (κ3) is 5.91. The Hall–Kier alpha value is -2.29. The molecule has 0 saturated heterocycles. The van der Waals surface area contributed by atoms with Crippen molar-refractivity contribution in [3.63, 3.8) is 0 Å². The summed E-state index contributed by atoms with van der Waals surface area (Å²) in [5.41, 5.74) is 3.56. The smallest absolute Gasteiger partial charge is 0.260 e. The zero-order valence-electron chi connectivity index (χ0n) is 16.6. The van der Waals surface area contributed by atoms with Crippen molar-refractivity contribution in [1.82, 2.24) is 5.32 Å². The van der Waals surface area contributed by atoms with Crippen molar-refractivity contribution in [1.29, 1.82) is 0 Å². The van der Waals surface area contributed by atoms with E-state index in [2.05, 4.69) is 43.4 Å². The molecule has 140 valence electrons. The summed E-state index contributed by atoms with van der Waals surface area (Å²) >= 11 is 0. The molecule has 2 aromatic rings. The summed E-state index contributed by atoms with van der Waals surface area (Å²) < 4.78 is 6.00. The monoisotopic (exact) mass is 353 g/mol. The highest BCUT2D eigenvalue weighted by Crippen LogP contribution is 2.28. The van der Waals surface area contributed by atoms with Crippen LogP contribution in [-0.2, 0) is 11.2 Å². The lowest BCUT2D eigenvalue weighted by molar-refractivity contribution is -0.127. The Morgan fingerprint density at radius 3 is 2.38 bits per heavy atom. The van der Waals surface area contributed by atoms with Crippen LogP contribution in [0.25, 0.3) is 0 Å². The van der Waals surface area contributed by atoms with Crippen molar-refractivity contribution in [3.05, 3.63) is 65.2 Å². The molecular weight excluding hydrogens is 322 g/mol. The molecule has 2 aromatic carbocycles. The van der Waals surface area contributed by atoms with E-state index in [1.165, 1.54) is 5.56 Å². The average Bonchev–Trinajstić information content (AvgIpc) is 2.60. The summed E-state index contributed by atoms with van der Waals surface area (Å²) in [7, 11) is 0. The van der Waals surface area contributed by atoms with Crippen molar-refractivity contribution in [2.45, 2.75) is 65.5 Å². The molecule has 3 heteroatoms. The van der Waals surface area contributed by atoms with Gasteiger partial charge in [0, 0.05) is 6.04 Å². The van der Waals surface area contributed by atoms with E-state index in [0.29, 0.717) is 5.92 Å². The van der Waals surface area contributed by atoms with Crippen LogP contribution < -0.4 is 10.1 Å². The topological polar surface area (TPSA) is 38.3 Å². The zero-order valence-corrected chi connectivity index (χ0v) is 16.6. The molecule has 0 saturated carbocycles. The van der Waals surface area contributed by atoms with Crippen LogP contribution in [-0.4, -0.2) is 18.1 Å². The molecule has 0 spiro atoms. The highest BCUT2D eigenvalue weighted by molar-refractivity contribution is 5.81. The third-order valence-corrected chi connectivity index (χ3v) is 4.56. The first-order chi connectivity index (χ1) is 12.4. The molecule has 1 amide bonds. The van der Waals surface area contributed by atoms with Crippen LogP contribution in [0.5, 0.6) is 5.75 Å². The van der Waals surface area contributed by atoms with E-state index < -0.39 is 6.10 Å². The Balaban J connectivity index is 1.90. The lowest BCUT2D eigenvalue weighted by Crippen LogP contribution is -2.41. The zero-order chi connectivity index (χ0) is 19.1. The first kappa shape index (κ1) is 20.0. The van der Waals surface area contributed by atoms with Crippen molar-refractivity contribution >= 4 is 5.91 Å². The standard InChI is InChI=1S/C23H31NO2/c1-16(2)21-14-11-17(3)15-22(21)26-19(5)23(25)24-18(4)12-13-20-9-7-6-8-10-20/h6-11,14-16,18-19H,12-13H2,1-5H3,(H,24,25)/t18-,19-/m1/s1. The van der Waals surface area contributed by atoms with Crippen molar-refractivity contribution < 1.29 is 9.53 Å². The van der Waals surface area contributed by atoms with Gasteiger partial charge in [-0.15, -0.1) is 0 Å². The van der Waals surface area contributed by atoms with Gasteiger partial charge in [-0.3, -0.25) is 4.79 Å². The van der Waals surface area contributed by atoms with E-state index in [1.54, 1.807) is 0 Å². The lowest BCUT2D eigenvalue weighted by Gasteiger charge is -2.21. The summed E-state index contributed by atoms with van der Waals surface area (Å²) in [6, 6.07) is 16.6. The van der Waals surface area contributed by atoms with Gasteiger partial charge in [0.05, 0.1) is 0 Å². The van der Waals surface area contributed by atoms with Gasteiger partial charge in [-0.05, 0) is 62.3 Å². The van der Waals surface area contributed by atoms with E-state index in [9.17, 15) is 4.79 Å². The maximum absolute atomic E-state index is 12.5. The molecule has 1 N–H and O–H groups in total. The summed E-state index contributed by atoms with van der Waals surface area (Å²) in [6.45, 7) is 10.2. The van der Waals surface area contributed by atoms with Crippen LogP contribution >= 0.6 is 0 Å². The van der Waals surface area contributed by atoms with Crippen LogP contribution in [0, 0.1) is 6.92 Å². The van der Waals surface area contributed by atoms with E-state index in [4.69, 9.17) is 4.74 Å². The molecule has 0 aliphatic rings. The summed E-state index contributed by atoms with van der Waals surface area (Å²) in [5, 5.41) is 3.07. The minimum atomic E-state index is -0.520. The normalized spacial score (nSPS) is 13.3. The molecular formula is C23H31NO2. The highest BCUT2D eigenvalue weighted by Gasteiger charge is 2.19. The Labute approximate surface area is 157 Å². The van der Waals surface area contributed by atoms with E-state index >= 15 is 0 Å². The summed E-state index contributed by atoms with van der Waals surface area (Å²) in [5.74, 6) is 1.09. The van der Waals surface area contributed by atoms with Gasteiger partial charge in [-0.1, -0.05) is 56.3 Å². The van der Waals surface area contributed by atoms with Gasteiger partial charge in [0.2, 0.25) is 0 Å². The predicted octanol–water partition coefficient (Wildman–Crippen LogP) is 5.02. The van der Waals surface area contributed by atoms with Crippen LogP contribution in [0.15, 0.2) is 48.5 Å². The second kappa shape index (κ2) is 9.42. The minimum absolute atomic E-state index is 0.0678. The third-order valence-electron chi connectivity index (χ3n) is 4.56. The molecule has 0 fully saturated rings. The Morgan fingerprint density at radius 1 is 1.04 bits per heavy atom. The molecule has 0 radical (unpaired) electrons. The number of aryl methyl sites for hydroxylation is 2. The molecule has 0 heterocycles. The molecule has 2 atom stereocenters. The van der Waals surface area contributed by atoms with Gasteiger partial charge >= 0.3 is 0 Å². The highest BCUT2D eigenvalue weighted by atomic mass is 16.5. The van der Waals surface area contributed by atoms with Crippen molar-refractivity contribution in [3.8, 4) is 5.75 Å². The number of hydrogen-bond donors (Lipinski definition) is 1. The van der Waals surface area contributed by atoms with Gasteiger partial charge in [0.25, 0.3) is 5.91 Å². The van der Waals surface area contributed by atoms with Crippen molar-refractivity contribution in [2.24, 2.45) is 0 Å². The van der Waals surface area contributed by atoms with Gasteiger partial charge < -0.3 is 10.1 Å². The molecule has 0 bridgehead atoms. The van der Waals surface area contributed by atoms with E-state index in [1.807, 2.05) is 45.0 Å². The molecule has 0 aliphatic carbocycles. The van der Waals surface area contributed by atoms with E-state index in [0.717, 1.165) is 29.7 Å². The Morgan fingerprint density at radius 2 is 1.73 bits per heavy atom. The summed E-state index contributed by atoms with van der Waals surface area (Å²) in [4.78, 5) is 12.5. The predicted molar refractivity (Wildman–Crippen MR) is 108 cm³/mol. The molecule has 0 aromatic heterocycles. The van der Waals surface area contributed by atoms with Crippen LogP contribution in [0.2, 0.25) is 0 Å². The van der Waals surface area contributed by atoms with Gasteiger partial charge in [0.1, 0.15) is 5.75 Å². The molecule has 2 rings (SSSR count). The second-order valence-electron chi connectivity index (χ2n) is 7.39. The number of rotatable bonds is 8. The molecule has 0 aliphatic heterocycles. The number of carbonyl (C=O) groups is 1. The molecule has 3 nitrogen and oxygen atoms in total. The Kier molecular flexibility index (Phi) is 7.26. The number of ether oxygens (including phenoxy) is 1. The molecule has 26 heavy (non-hydrogen) atoms. The van der Waals surface area contributed by atoms with Gasteiger partial charge in [-0.2, -0.15) is 0 Å².